The van der Waals surface area contributed by atoms with E-state index in [-0.39, 0.29) is 31.0 Å². The van der Waals surface area contributed by atoms with Crippen molar-refractivity contribution < 1.29 is 19.8 Å². The molecule has 1 fully saturated rings. The third kappa shape index (κ3) is 4.09. The summed E-state index contributed by atoms with van der Waals surface area (Å²) in [5.74, 6) is -0.747. The molecule has 0 aromatic carbocycles. The van der Waals surface area contributed by atoms with Crippen molar-refractivity contribution >= 4 is 12.0 Å². The maximum Gasteiger partial charge on any atom is 0.320 e. The van der Waals surface area contributed by atoms with Gasteiger partial charge >= 0.3 is 12.0 Å². The Hall–Kier alpha value is -1.30. The molecule has 2 N–H and O–H groups in total. The van der Waals surface area contributed by atoms with Crippen molar-refractivity contribution in [3.63, 3.8) is 0 Å². The normalized spacial score (nSPS) is 15.5. The highest BCUT2D eigenvalue weighted by Crippen LogP contribution is 2.22. The molecule has 6 heteroatoms. The van der Waals surface area contributed by atoms with Crippen LogP contribution in [0, 0.1) is 5.92 Å². The summed E-state index contributed by atoms with van der Waals surface area (Å²) in [6, 6.07) is 0.0579. The van der Waals surface area contributed by atoms with Crippen LogP contribution in [0.3, 0.4) is 0 Å². The topological polar surface area (TPSA) is 81.1 Å². The van der Waals surface area contributed by atoms with E-state index in [1.54, 1.807) is 9.80 Å². The van der Waals surface area contributed by atoms with E-state index in [0.29, 0.717) is 19.6 Å². The Morgan fingerprint density at radius 2 is 1.89 bits per heavy atom. The van der Waals surface area contributed by atoms with Crippen LogP contribution >= 0.6 is 0 Å². The van der Waals surface area contributed by atoms with E-state index in [9.17, 15) is 9.59 Å². The number of nitrogens with zero attached hydrogens (tertiary/aromatic N) is 2. The van der Waals surface area contributed by atoms with Crippen LogP contribution < -0.4 is 0 Å². The fraction of sp³-hybridized carbons (Fsp3) is 0.846. The zero-order chi connectivity index (χ0) is 14.4. The number of carbonyl (C=O) groups is 2. The third-order valence-corrected chi connectivity index (χ3v) is 3.66. The molecule has 6 nitrogen and oxygen atoms in total. The molecule has 0 aromatic rings. The number of rotatable bonds is 7. The van der Waals surface area contributed by atoms with Crippen molar-refractivity contribution in [3.8, 4) is 0 Å². The minimum atomic E-state index is -0.815. The fourth-order valence-electron chi connectivity index (χ4n) is 2.56. The maximum absolute atomic E-state index is 12.3. The Balaban J connectivity index is 2.52. The van der Waals surface area contributed by atoms with E-state index in [4.69, 9.17) is 10.2 Å². The van der Waals surface area contributed by atoms with Crippen molar-refractivity contribution in [2.45, 2.75) is 39.2 Å². The third-order valence-electron chi connectivity index (χ3n) is 3.66. The number of amides is 2. The standard InChI is InChI=1S/C13H24N2O4/c1-3-11(4-2)15(5-6-16)13(19)14-8-10(9-14)7-12(17)18/h10-11,16H,3-9H2,1-2H3,(H,17,18). The molecule has 1 rings (SSSR count). The zero-order valence-corrected chi connectivity index (χ0v) is 11.7. The second-order valence-electron chi connectivity index (χ2n) is 5.04. The van der Waals surface area contributed by atoms with Crippen LogP contribution in [0.15, 0.2) is 0 Å². The summed E-state index contributed by atoms with van der Waals surface area (Å²) in [7, 11) is 0. The molecular formula is C13H24N2O4. The molecule has 110 valence electrons. The van der Waals surface area contributed by atoms with E-state index < -0.39 is 5.97 Å². The highest BCUT2D eigenvalue weighted by Gasteiger charge is 2.35. The average Bonchev–Trinajstić information content (AvgIpc) is 2.32. The van der Waals surface area contributed by atoms with Gasteiger partial charge in [-0.15, -0.1) is 0 Å². The van der Waals surface area contributed by atoms with E-state index in [1.807, 2.05) is 13.8 Å². The predicted octanol–water partition coefficient (Wildman–Crippen LogP) is 0.996. The van der Waals surface area contributed by atoms with Crippen LogP contribution in [-0.4, -0.2) is 64.3 Å². The van der Waals surface area contributed by atoms with Gasteiger partial charge in [0.15, 0.2) is 0 Å². The fourth-order valence-corrected chi connectivity index (χ4v) is 2.56. The number of aliphatic hydroxyl groups is 1. The van der Waals surface area contributed by atoms with Gasteiger partial charge in [0.2, 0.25) is 0 Å². The van der Waals surface area contributed by atoms with Crippen LogP contribution in [0.1, 0.15) is 33.1 Å². The Bertz CT molecular complexity index is 312. The molecule has 2 amide bonds. The van der Waals surface area contributed by atoms with Crippen LogP contribution in [0.5, 0.6) is 0 Å². The Morgan fingerprint density at radius 1 is 1.32 bits per heavy atom. The number of carboxylic acid groups (broad SMARTS) is 1. The monoisotopic (exact) mass is 272 g/mol. The minimum Gasteiger partial charge on any atom is -0.481 e. The Kier molecular flexibility index (Phi) is 6.08. The first kappa shape index (κ1) is 15.8. The SMILES string of the molecule is CCC(CC)N(CCO)C(=O)N1CC(CC(=O)O)C1. The molecule has 0 saturated carbocycles. The van der Waals surface area contributed by atoms with Gasteiger partial charge in [-0.25, -0.2) is 4.79 Å². The van der Waals surface area contributed by atoms with Crippen LogP contribution in [0.4, 0.5) is 4.79 Å². The zero-order valence-electron chi connectivity index (χ0n) is 11.7. The average molecular weight is 272 g/mol. The number of urea groups is 1. The van der Waals surface area contributed by atoms with Gasteiger partial charge in [0, 0.05) is 31.6 Å². The molecule has 0 atom stereocenters. The second-order valence-corrected chi connectivity index (χ2v) is 5.04. The summed E-state index contributed by atoms with van der Waals surface area (Å²) in [5, 5.41) is 17.8. The lowest BCUT2D eigenvalue weighted by Crippen LogP contribution is -2.57. The molecule has 1 heterocycles. The van der Waals surface area contributed by atoms with Gasteiger partial charge in [-0.1, -0.05) is 13.8 Å². The van der Waals surface area contributed by atoms with Crippen molar-refractivity contribution in [3.05, 3.63) is 0 Å². The van der Waals surface area contributed by atoms with Gasteiger partial charge < -0.3 is 20.0 Å². The molecule has 1 aliphatic heterocycles. The number of hydrogen-bond acceptors (Lipinski definition) is 3. The number of carboxylic acids is 1. The van der Waals surface area contributed by atoms with E-state index in [1.165, 1.54) is 0 Å². The van der Waals surface area contributed by atoms with Crippen molar-refractivity contribution in [1.29, 1.82) is 0 Å². The lowest BCUT2D eigenvalue weighted by atomic mass is 9.97. The molecule has 0 aliphatic carbocycles. The molecule has 0 unspecified atom stereocenters. The lowest BCUT2D eigenvalue weighted by Gasteiger charge is -2.43. The van der Waals surface area contributed by atoms with E-state index in [0.717, 1.165) is 12.8 Å². The van der Waals surface area contributed by atoms with Crippen LogP contribution in [0.25, 0.3) is 0 Å². The molecule has 0 aromatic heterocycles. The highest BCUT2D eigenvalue weighted by molar-refractivity contribution is 5.76. The van der Waals surface area contributed by atoms with Gasteiger partial charge in [-0.3, -0.25) is 4.79 Å². The summed E-state index contributed by atoms with van der Waals surface area (Å²) in [6.45, 7) is 5.35. The number of hydrogen-bond donors (Lipinski definition) is 2. The largest absolute Gasteiger partial charge is 0.481 e. The summed E-state index contributed by atoms with van der Waals surface area (Å²) in [5.41, 5.74) is 0. The van der Waals surface area contributed by atoms with E-state index in [2.05, 4.69) is 0 Å². The maximum atomic E-state index is 12.3. The first-order valence-corrected chi connectivity index (χ1v) is 6.91. The quantitative estimate of drug-likeness (QED) is 0.724. The van der Waals surface area contributed by atoms with Crippen LogP contribution in [-0.2, 0) is 4.79 Å². The molecule has 1 saturated heterocycles. The number of likely N-dealkylation sites (tertiary alicyclic amines) is 1. The van der Waals surface area contributed by atoms with E-state index >= 15 is 0 Å². The second kappa shape index (κ2) is 7.33. The van der Waals surface area contributed by atoms with Gasteiger partial charge in [0.25, 0.3) is 0 Å². The summed E-state index contributed by atoms with van der Waals surface area (Å²) in [6.07, 6.45) is 1.83. The molecule has 0 radical (unpaired) electrons. The van der Waals surface area contributed by atoms with Crippen LogP contribution in [0.2, 0.25) is 0 Å². The number of carbonyl (C=O) groups excluding carboxylic acids is 1. The Morgan fingerprint density at radius 3 is 2.32 bits per heavy atom. The molecule has 19 heavy (non-hydrogen) atoms. The summed E-state index contributed by atoms with van der Waals surface area (Å²) < 4.78 is 0. The minimum absolute atomic E-state index is 0.0470. The van der Waals surface area contributed by atoms with Gasteiger partial charge in [-0.2, -0.15) is 0 Å². The predicted molar refractivity (Wildman–Crippen MR) is 70.9 cm³/mol. The first-order chi connectivity index (χ1) is 9.03. The van der Waals surface area contributed by atoms with Gasteiger partial charge in [0.1, 0.15) is 0 Å². The number of aliphatic carboxylic acids is 1. The van der Waals surface area contributed by atoms with Crippen molar-refractivity contribution in [1.82, 2.24) is 9.80 Å². The van der Waals surface area contributed by atoms with Gasteiger partial charge in [0.05, 0.1) is 13.0 Å². The number of aliphatic hydroxyl groups excluding tert-OH is 1. The summed E-state index contributed by atoms with van der Waals surface area (Å²) >= 11 is 0. The molecule has 0 bridgehead atoms. The van der Waals surface area contributed by atoms with Crippen molar-refractivity contribution in [2.24, 2.45) is 5.92 Å². The lowest BCUT2D eigenvalue weighted by molar-refractivity contribution is -0.139. The first-order valence-electron chi connectivity index (χ1n) is 6.91. The van der Waals surface area contributed by atoms with Crippen molar-refractivity contribution in [2.75, 3.05) is 26.2 Å². The molecule has 0 spiro atoms. The summed E-state index contributed by atoms with van der Waals surface area (Å²) in [4.78, 5) is 26.2. The van der Waals surface area contributed by atoms with Gasteiger partial charge in [-0.05, 0) is 12.8 Å². The Labute approximate surface area is 114 Å². The highest BCUT2D eigenvalue weighted by atomic mass is 16.4. The molecular weight excluding hydrogens is 248 g/mol. The molecule has 1 aliphatic rings. The smallest absolute Gasteiger partial charge is 0.320 e.